The largest absolute Gasteiger partial charge is 0.490 e. The zero-order valence-corrected chi connectivity index (χ0v) is 17.6. The molecule has 1 atom stereocenters. The van der Waals surface area contributed by atoms with Gasteiger partial charge in [0.25, 0.3) is 5.91 Å². The van der Waals surface area contributed by atoms with E-state index in [1.165, 1.54) is 17.5 Å². The number of urea groups is 1. The molecule has 0 radical (unpaired) electrons. The minimum Gasteiger partial charge on any atom is -0.490 e. The van der Waals surface area contributed by atoms with Gasteiger partial charge in [0.2, 0.25) is 0 Å². The van der Waals surface area contributed by atoms with Gasteiger partial charge in [0, 0.05) is 18.0 Å². The molecular formula is C22H34N3O4+. The van der Waals surface area contributed by atoms with Crippen molar-refractivity contribution in [1.29, 1.82) is 0 Å². The summed E-state index contributed by atoms with van der Waals surface area (Å²) in [6.45, 7) is 6.96. The van der Waals surface area contributed by atoms with Crippen LogP contribution in [-0.4, -0.2) is 44.3 Å². The van der Waals surface area contributed by atoms with E-state index in [-0.39, 0.29) is 24.5 Å². The topological polar surface area (TPSA) is 81.1 Å². The van der Waals surface area contributed by atoms with Gasteiger partial charge in [0.1, 0.15) is 6.54 Å². The summed E-state index contributed by atoms with van der Waals surface area (Å²) in [7, 11) is 0. The fraction of sp³-hybridized carbons (Fsp3) is 0.636. The lowest BCUT2D eigenvalue weighted by atomic mass is 9.96. The standard InChI is InChI=1S/C22H33N3O4/c1-3-28-19-12-16-10-11-25(14-17(16)13-20(19)29-4-2)15-21(26)24-22(27)23-18-8-6-5-7-9-18/h12-13,18H,3-11,14-15H2,1-2H3,(H2,23,24,26,27)/p+1. The summed E-state index contributed by atoms with van der Waals surface area (Å²) >= 11 is 0. The van der Waals surface area contributed by atoms with Crippen LogP contribution in [-0.2, 0) is 17.8 Å². The molecule has 7 heteroatoms. The molecule has 0 spiro atoms. The van der Waals surface area contributed by atoms with E-state index in [9.17, 15) is 9.59 Å². The number of rotatable bonds is 7. The Labute approximate surface area is 173 Å². The summed E-state index contributed by atoms with van der Waals surface area (Å²) in [4.78, 5) is 25.6. The third-order valence-electron chi connectivity index (χ3n) is 5.66. The molecule has 7 nitrogen and oxygen atoms in total. The molecule has 1 aromatic carbocycles. The first-order chi connectivity index (χ1) is 14.1. The Morgan fingerprint density at radius 2 is 1.69 bits per heavy atom. The van der Waals surface area contributed by atoms with Crippen molar-refractivity contribution < 1.29 is 24.0 Å². The Bertz CT molecular complexity index is 716. The highest BCUT2D eigenvalue weighted by Crippen LogP contribution is 2.32. The van der Waals surface area contributed by atoms with Crippen molar-refractivity contribution in [3.8, 4) is 11.5 Å². The summed E-state index contributed by atoms with van der Waals surface area (Å²) in [5.74, 6) is 1.31. The van der Waals surface area contributed by atoms with Gasteiger partial charge in [-0.3, -0.25) is 10.1 Å². The van der Waals surface area contributed by atoms with Crippen molar-refractivity contribution in [2.45, 2.75) is 65.0 Å². The van der Waals surface area contributed by atoms with Crippen LogP contribution in [0, 0.1) is 0 Å². The predicted molar refractivity (Wildman–Crippen MR) is 110 cm³/mol. The first-order valence-corrected chi connectivity index (χ1v) is 10.9. The molecule has 160 valence electrons. The second-order valence-electron chi connectivity index (χ2n) is 7.89. The number of hydrogen-bond donors (Lipinski definition) is 3. The smallest absolute Gasteiger partial charge is 0.321 e. The molecule has 3 rings (SSSR count). The number of quaternary nitrogens is 1. The highest BCUT2D eigenvalue weighted by atomic mass is 16.5. The number of carbonyl (C=O) groups is 2. The maximum atomic E-state index is 12.3. The summed E-state index contributed by atoms with van der Waals surface area (Å²) in [6, 6.07) is 3.94. The van der Waals surface area contributed by atoms with Crippen LogP contribution in [0.2, 0.25) is 0 Å². The highest BCUT2D eigenvalue weighted by molar-refractivity contribution is 5.94. The van der Waals surface area contributed by atoms with E-state index in [0.29, 0.717) is 13.2 Å². The van der Waals surface area contributed by atoms with Crippen LogP contribution in [0.4, 0.5) is 4.79 Å². The minimum atomic E-state index is -0.362. The van der Waals surface area contributed by atoms with Crippen molar-refractivity contribution in [2.75, 3.05) is 26.3 Å². The van der Waals surface area contributed by atoms with Gasteiger partial charge in [-0.25, -0.2) is 4.79 Å². The Hall–Kier alpha value is -2.28. The molecule has 2 aliphatic rings. The van der Waals surface area contributed by atoms with Gasteiger partial charge in [0.05, 0.1) is 19.8 Å². The maximum Gasteiger partial charge on any atom is 0.321 e. The lowest BCUT2D eigenvalue weighted by Crippen LogP contribution is -3.13. The van der Waals surface area contributed by atoms with Crippen LogP contribution in [0.3, 0.4) is 0 Å². The molecule has 3 amide bonds. The van der Waals surface area contributed by atoms with Crippen molar-refractivity contribution in [3.63, 3.8) is 0 Å². The van der Waals surface area contributed by atoms with Crippen molar-refractivity contribution in [3.05, 3.63) is 23.3 Å². The van der Waals surface area contributed by atoms with E-state index in [0.717, 1.165) is 61.6 Å². The molecule has 1 saturated carbocycles. The molecule has 1 heterocycles. The van der Waals surface area contributed by atoms with Crippen molar-refractivity contribution in [1.82, 2.24) is 10.6 Å². The maximum absolute atomic E-state index is 12.3. The number of amides is 3. The van der Waals surface area contributed by atoms with Gasteiger partial charge in [-0.2, -0.15) is 0 Å². The fourth-order valence-electron chi connectivity index (χ4n) is 4.26. The Kier molecular flexibility index (Phi) is 7.75. The minimum absolute atomic E-state index is 0.197. The highest BCUT2D eigenvalue weighted by Gasteiger charge is 2.25. The van der Waals surface area contributed by atoms with E-state index in [4.69, 9.17) is 9.47 Å². The average molecular weight is 405 g/mol. The van der Waals surface area contributed by atoms with Gasteiger partial charge < -0.3 is 19.7 Å². The average Bonchev–Trinajstić information content (AvgIpc) is 2.69. The molecule has 0 bridgehead atoms. The van der Waals surface area contributed by atoms with Crippen LogP contribution in [0.15, 0.2) is 12.1 Å². The molecule has 0 aromatic heterocycles. The van der Waals surface area contributed by atoms with E-state index in [1.54, 1.807) is 0 Å². The Morgan fingerprint density at radius 3 is 2.34 bits per heavy atom. The number of nitrogens with one attached hydrogen (secondary N) is 3. The van der Waals surface area contributed by atoms with Crippen molar-refractivity contribution >= 4 is 11.9 Å². The van der Waals surface area contributed by atoms with Crippen LogP contribution in [0.1, 0.15) is 57.1 Å². The van der Waals surface area contributed by atoms with Gasteiger partial charge >= 0.3 is 6.03 Å². The van der Waals surface area contributed by atoms with Gasteiger partial charge in [-0.1, -0.05) is 19.3 Å². The lowest BCUT2D eigenvalue weighted by molar-refractivity contribution is -0.908. The normalized spacial score (nSPS) is 19.2. The van der Waals surface area contributed by atoms with E-state index < -0.39 is 0 Å². The van der Waals surface area contributed by atoms with Gasteiger partial charge in [-0.05, 0) is 44.4 Å². The first-order valence-electron chi connectivity index (χ1n) is 10.9. The number of imide groups is 1. The number of carbonyl (C=O) groups excluding carboxylic acids is 2. The first kappa shape index (κ1) is 21.4. The van der Waals surface area contributed by atoms with Gasteiger partial charge in [-0.15, -0.1) is 0 Å². The monoisotopic (exact) mass is 404 g/mol. The molecule has 1 aliphatic heterocycles. The van der Waals surface area contributed by atoms with E-state index >= 15 is 0 Å². The third-order valence-corrected chi connectivity index (χ3v) is 5.66. The molecule has 0 saturated heterocycles. The van der Waals surface area contributed by atoms with Gasteiger partial charge in [0.15, 0.2) is 18.0 Å². The van der Waals surface area contributed by atoms with Crippen LogP contribution < -0.4 is 25.0 Å². The molecule has 1 fully saturated rings. The van der Waals surface area contributed by atoms with E-state index in [2.05, 4.69) is 16.7 Å². The van der Waals surface area contributed by atoms with Crippen LogP contribution >= 0.6 is 0 Å². The van der Waals surface area contributed by atoms with Crippen LogP contribution in [0.25, 0.3) is 0 Å². The van der Waals surface area contributed by atoms with Crippen LogP contribution in [0.5, 0.6) is 11.5 Å². The quantitative estimate of drug-likeness (QED) is 0.645. The third kappa shape index (κ3) is 6.10. The van der Waals surface area contributed by atoms with E-state index in [1.807, 2.05) is 19.9 Å². The molecule has 1 aromatic rings. The summed E-state index contributed by atoms with van der Waals surface area (Å²) in [5, 5.41) is 5.43. The SMILES string of the molecule is CCOc1cc2c(cc1OCC)C[NH+](CC(=O)NC(=O)NC1CCCCC1)CC2. The predicted octanol–water partition coefficient (Wildman–Crippen LogP) is 1.58. The number of fused-ring (bicyclic) bond motifs is 1. The second kappa shape index (κ2) is 10.5. The second-order valence-corrected chi connectivity index (χ2v) is 7.89. The molecular weight excluding hydrogens is 370 g/mol. The zero-order chi connectivity index (χ0) is 20.6. The summed E-state index contributed by atoms with van der Waals surface area (Å²) in [6.07, 6.45) is 6.40. The number of benzene rings is 1. The molecule has 1 aliphatic carbocycles. The van der Waals surface area contributed by atoms with Crippen molar-refractivity contribution in [2.24, 2.45) is 0 Å². The summed E-state index contributed by atoms with van der Waals surface area (Å²) < 4.78 is 11.4. The lowest BCUT2D eigenvalue weighted by Gasteiger charge is -2.27. The fourth-order valence-corrected chi connectivity index (χ4v) is 4.26. The number of ether oxygens (including phenoxy) is 2. The molecule has 1 unspecified atom stereocenters. The molecule has 29 heavy (non-hydrogen) atoms. The summed E-state index contributed by atoms with van der Waals surface area (Å²) in [5.41, 5.74) is 2.42. The number of hydrogen-bond acceptors (Lipinski definition) is 4. The zero-order valence-electron chi connectivity index (χ0n) is 17.6. The Balaban J connectivity index is 1.53. The molecule has 3 N–H and O–H groups in total. The Morgan fingerprint density at radius 1 is 1.03 bits per heavy atom.